The lowest BCUT2D eigenvalue weighted by Crippen LogP contribution is -2.44. The van der Waals surface area contributed by atoms with E-state index in [9.17, 15) is 19.2 Å². The number of thioether (sulfide) groups is 3. The van der Waals surface area contributed by atoms with Crippen molar-refractivity contribution >= 4 is 59.6 Å². The van der Waals surface area contributed by atoms with Crippen LogP contribution in [0.3, 0.4) is 0 Å². The molecule has 2 amide bonds. The van der Waals surface area contributed by atoms with Crippen LogP contribution in [0.15, 0.2) is 0 Å². The number of amides is 2. The number of rotatable bonds is 32. The van der Waals surface area contributed by atoms with Crippen molar-refractivity contribution in [2.45, 2.75) is 146 Å². The summed E-state index contributed by atoms with van der Waals surface area (Å²) in [5.41, 5.74) is 0.662. The number of nitrogens with two attached hydrogens (primary N) is 1. The van der Waals surface area contributed by atoms with Crippen molar-refractivity contribution in [2.24, 2.45) is 5.73 Å². The molecule has 0 spiro atoms. The van der Waals surface area contributed by atoms with Crippen molar-refractivity contribution in [3.05, 3.63) is 0 Å². The lowest BCUT2D eigenvalue weighted by molar-refractivity contribution is -0.151. The lowest BCUT2D eigenvalue weighted by atomic mass is 10.1. The van der Waals surface area contributed by atoms with Crippen LogP contribution < -0.4 is 11.0 Å². The summed E-state index contributed by atoms with van der Waals surface area (Å²) in [5, 5.41) is 29.6. The average Bonchev–Trinajstić information content (AvgIpc) is 3.17. The van der Waals surface area contributed by atoms with Crippen LogP contribution in [-0.2, 0) is 47.6 Å². The van der Waals surface area contributed by atoms with Gasteiger partial charge in [0.25, 0.3) is 0 Å². The van der Waals surface area contributed by atoms with Gasteiger partial charge in [-0.3, -0.25) is 9.59 Å². The number of aliphatic hydroxyl groups excluding tert-OH is 3. The fourth-order valence-corrected chi connectivity index (χ4v) is 5.96. The van der Waals surface area contributed by atoms with Crippen LogP contribution in [-0.4, -0.2) is 158 Å². The molecule has 0 saturated heterocycles. The Labute approximate surface area is 358 Å². The quantitative estimate of drug-likeness (QED) is 0.0343. The normalized spacial score (nSPS) is 14.3. The van der Waals surface area contributed by atoms with Gasteiger partial charge < -0.3 is 64.4 Å². The van der Waals surface area contributed by atoms with E-state index in [1.165, 1.54) is 56.2 Å². The summed E-state index contributed by atoms with van der Waals surface area (Å²) in [6.07, 6.45) is -0.280. The molecule has 6 unspecified atom stereocenters. The second-order valence-electron chi connectivity index (χ2n) is 11.4. The topological polar surface area (TPSA) is 222 Å². The third-order valence-corrected chi connectivity index (χ3v) is 9.56. The maximum absolute atomic E-state index is 11.7. The number of carbonyl (C=O) groups excluding carboxylic acids is 4. The van der Waals surface area contributed by atoms with E-state index in [2.05, 4.69) is 5.32 Å². The number of primary amides is 1. The van der Waals surface area contributed by atoms with E-state index >= 15 is 0 Å². The molecule has 0 radical (unpaired) electrons. The molecular weight excluding hydrogens is 789 g/mol. The average molecular weight is 879 g/mol. The van der Waals surface area contributed by atoms with Crippen LogP contribution in [0.4, 0.5) is 0 Å². The molecule has 342 valence electrons. The Kier molecular flexibility index (Phi) is 53.2. The molecule has 0 aromatic heterocycles. The first-order valence-electron chi connectivity index (χ1n) is 18.7. The largest absolute Gasteiger partial charge is 0.394 e. The molecule has 0 saturated carbocycles. The van der Waals surface area contributed by atoms with E-state index in [4.69, 9.17) is 47.9 Å². The second kappa shape index (κ2) is 48.3. The van der Waals surface area contributed by atoms with Crippen LogP contribution in [0.2, 0.25) is 1.41 Å². The van der Waals surface area contributed by atoms with E-state index in [1.807, 2.05) is 26.5 Å². The lowest BCUT2D eigenvalue weighted by Gasteiger charge is -2.21. The number of carbonyl (C=O) groups is 4. The van der Waals surface area contributed by atoms with Crippen molar-refractivity contribution in [1.29, 1.82) is 0 Å². The predicted octanol–water partition coefficient (Wildman–Crippen LogP) is 4.93. The van der Waals surface area contributed by atoms with Gasteiger partial charge in [-0.1, -0.05) is 50.5 Å². The molecule has 0 aromatic rings. The first-order chi connectivity index (χ1) is 26.1. The Bertz CT molecular complexity index is 975. The van der Waals surface area contributed by atoms with E-state index < -0.39 is 24.4 Å². The summed E-state index contributed by atoms with van der Waals surface area (Å²) in [4.78, 5) is 43.9. The number of hydrogen-bond acceptors (Lipinski definition) is 16. The Balaban J connectivity index is -0.000000135. The maximum Gasteiger partial charge on any atom is 0.221 e. The second-order valence-corrected chi connectivity index (χ2v) is 14.8. The first-order valence-corrected chi connectivity index (χ1v) is 20.7. The summed E-state index contributed by atoms with van der Waals surface area (Å²) < 4.78 is 52.4. The Morgan fingerprint density at radius 3 is 1.36 bits per heavy atom. The maximum atomic E-state index is 11.7. The zero-order valence-electron chi connectivity index (χ0n) is 35.2. The van der Waals surface area contributed by atoms with E-state index in [0.29, 0.717) is 47.4 Å². The van der Waals surface area contributed by atoms with E-state index in [-0.39, 0.29) is 105 Å². The van der Waals surface area contributed by atoms with E-state index in [0.717, 1.165) is 12.8 Å². The van der Waals surface area contributed by atoms with Gasteiger partial charge in [0.2, 0.25) is 11.8 Å². The van der Waals surface area contributed by atoms with Crippen LogP contribution >= 0.6 is 35.3 Å². The monoisotopic (exact) mass is 879 g/mol. The minimum Gasteiger partial charge on any atom is -0.394 e. The minimum atomic E-state index is -1.16. The van der Waals surface area contributed by atoms with Crippen LogP contribution in [0.1, 0.15) is 106 Å². The summed E-state index contributed by atoms with van der Waals surface area (Å²) in [7, 11) is 4.63. The Morgan fingerprint density at radius 1 is 0.714 bits per heavy atom. The van der Waals surface area contributed by atoms with Crippen molar-refractivity contribution in [3.8, 4) is 0 Å². The molecular formula is C38H84N2O13S3. The van der Waals surface area contributed by atoms with Gasteiger partial charge in [0.15, 0.2) is 20.3 Å². The zero-order chi connectivity index (χ0) is 42.7. The fourth-order valence-electron chi connectivity index (χ4n) is 3.36. The molecule has 6 N–H and O–H groups in total. The van der Waals surface area contributed by atoms with Crippen molar-refractivity contribution in [3.63, 3.8) is 0 Å². The van der Waals surface area contributed by atoms with E-state index in [1.54, 1.807) is 14.2 Å². The highest BCUT2D eigenvalue weighted by Gasteiger charge is 2.20. The minimum absolute atomic E-state index is 0. The molecule has 0 bridgehead atoms. The summed E-state index contributed by atoms with van der Waals surface area (Å²) in [6, 6.07) is 0. The molecule has 0 aliphatic carbocycles. The van der Waals surface area contributed by atoms with Gasteiger partial charge in [0.05, 0.1) is 43.7 Å². The van der Waals surface area contributed by atoms with Crippen molar-refractivity contribution in [2.75, 3.05) is 75.7 Å². The Morgan fingerprint density at radius 2 is 1.07 bits per heavy atom. The molecule has 0 fully saturated rings. The standard InChI is InChI=1S/C14H27NO5S.C10H21NO4S.C10H20O4S.4CH4/c1-5-11(8-16)20-13(19-4)9-21-7-6-12(18)15-14(2,3)10-17;1-3-8(6-12)15-10(14-2)7-16-5-4-9(11)13;1-3-9(7-12)14-10(13-2)8-15-6-4-5-11;;;;/h10-11,13,16H,5-9H2,1-4H3,(H,15,18);8,10,12H,3-7H2,1-2H3,(H2,11,13);5,9-10,12H,3-4,6-8H2,1-2H3;4*1H4/i10T;;5T;;;;/hT. The van der Waals surface area contributed by atoms with Crippen LogP contribution in [0.25, 0.3) is 0 Å². The van der Waals surface area contributed by atoms with Gasteiger partial charge in [-0.15, -0.1) is 0 Å². The molecule has 0 heterocycles. The summed E-state index contributed by atoms with van der Waals surface area (Å²) >= 11 is 4.51. The highest BCUT2D eigenvalue weighted by atomic mass is 32.2. The van der Waals surface area contributed by atoms with Crippen molar-refractivity contribution in [1.82, 2.24) is 5.32 Å². The molecule has 56 heavy (non-hydrogen) atoms. The molecule has 15 nitrogen and oxygen atoms in total. The summed E-state index contributed by atoms with van der Waals surface area (Å²) in [6.45, 7) is 8.68. The molecule has 0 aliphatic heterocycles. The van der Waals surface area contributed by atoms with Gasteiger partial charge in [0.1, 0.15) is 15.3 Å². The third kappa shape index (κ3) is 44.1. The number of hydrogen-bond donors (Lipinski definition) is 5. The van der Waals surface area contributed by atoms with Crippen LogP contribution in [0, 0.1) is 0 Å². The third-order valence-electron chi connectivity index (χ3n) is 6.56. The van der Waals surface area contributed by atoms with Gasteiger partial charge in [-0.25, -0.2) is 0 Å². The molecule has 18 heteroatoms. The number of aliphatic hydroxyl groups is 3. The molecule has 0 aliphatic rings. The smallest absolute Gasteiger partial charge is 0.221 e. The number of aldehydes is 2. The van der Waals surface area contributed by atoms with Gasteiger partial charge in [0, 0.05) is 75.1 Å². The van der Waals surface area contributed by atoms with Crippen molar-refractivity contribution < 1.29 is 67.1 Å². The Hall–Kier alpha value is -1.03. The first kappa shape index (κ1) is 61.6. The molecule has 0 rings (SSSR count). The number of methoxy groups -OCH3 is 3. The SMILES string of the molecule is C.C.C.C.[3H]C(=O)C(C)(C)NC(=O)CCSCC(OC)OC(CC)CO.[3H]C(=O)CCSCC(OC)OC(CC)CO.[3H]NC(=O)CCSCC(OC)OC(CC)CO. The van der Waals surface area contributed by atoms with Gasteiger partial charge >= 0.3 is 0 Å². The fraction of sp³-hybridized carbons (Fsp3) is 0.895. The highest BCUT2D eigenvalue weighted by molar-refractivity contribution is 7.99. The zero-order valence-corrected chi connectivity index (χ0v) is 34.7. The number of nitrogens with one attached hydrogen (secondary N) is 1. The van der Waals surface area contributed by atoms with Gasteiger partial charge in [-0.05, 0) is 33.1 Å². The summed E-state index contributed by atoms with van der Waals surface area (Å²) in [5.74, 6) is 2.93. The molecule has 0 aromatic carbocycles. The molecule has 6 atom stereocenters. The predicted molar refractivity (Wildman–Crippen MR) is 235 cm³/mol. The number of ether oxygens (including phenoxy) is 6. The van der Waals surface area contributed by atoms with Crippen LogP contribution in [0.5, 0.6) is 0 Å². The highest BCUT2D eigenvalue weighted by Crippen LogP contribution is 2.13. The van der Waals surface area contributed by atoms with Gasteiger partial charge in [-0.2, -0.15) is 35.3 Å².